The fourth-order valence-electron chi connectivity index (χ4n) is 3.71. The van der Waals surface area contributed by atoms with Crippen molar-refractivity contribution >= 4 is 11.8 Å². The van der Waals surface area contributed by atoms with Gasteiger partial charge in [-0.2, -0.15) is 11.8 Å². The average Bonchev–Trinajstić information content (AvgIpc) is 2.92. The molecule has 0 radical (unpaired) electrons. The molecule has 0 bridgehead atoms. The van der Waals surface area contributed by atoms with Crippen LogP contribution in [0, 0.1) is 5.92 Å². The molecule has 4 atom stereocenters. The summed E-state index contributed by atoms with van der Waals surface area (Å²) in [6, 6.07) is 2.29. The molecule has 1 saturated heterocycles. The van der Waals surface area contributed by atoms with Crippen LogP contribution in [0.1, 0.15) is 51.9 Å². The normalized spacial score (nSPS) is 34.7. The number of thioether (sulfide) groups is 1. The second-order valence-corrected chi connectivity index (χ2v) is 6.90. The van der Waals surface area contributed by atoms with Crippen molar-refractivity contribution in [2.75, 3.05) is 18.6 Å². The first-order chi connectivity index (χ1) is 8.85. The Balaban J connectivity index is 1.89. The van der Waals surface area contributed by atoms with E-state index in [0.717, 1.165) is 18.0 Å². The number of hydrogen-bond donors (Lipinski definition) is 2. The Labute approximate surface area is 117 Å². The first-order valence-corrected chi connectivity index (χ1v) is 9.23. The molecule has 1 saturated carbocycles. The third-order valence-corrected chi connectivity index (χ3v) is 5.48. The fourth-order valence-corrected chi connectivity index (χ4v) is 4.45. The van der Waals surface area contributed by atoms with E-state index in [1.165, 1.54) is 57.2 Å². The Bertz CT molecular complexity index is 229. The maximum absolute atomic E-state index is 3.97. The number of rotatable bonds is 6. The van der Waals surface area contributed by atoms with E-state index in [0.29, 0.717) is 6.04 Å². The van der Waals surface area contributed by atoms with Crippen LogP contribution < -0.4 is 10.6 Å². The number of hydrogen-bond acceptors (Lipinski definition) is 3. The van der Waals surface area contributed by atoms with E-state index in [9.17, 15) is 0 Å². The topological polar surface area (TPSA) is 24.1 Å². The van der Waals surface area contributed by atoms with E-state index in [-0.39, 0.29) is 0 Å². The lowest BCUT2D eigenvalue weighted by atomic mass is 9.79. The van der Waals surface area contributed by atoms with Crippen LogP contribution in [0.3, 0.4) is 0 Å². The Hall–Kier alpha value is 0.270. The summed E-state index contributed by atoms with van der Waals surface area (Å²) in [5, 5.41) is 7.71. The van der Waals surface area contributed by atoms with Crippen LogP contribution in [-0.4, -0.2) is 36.7 Å². The van der Waals surface area contributed by atoms with Gasteiger partial charge in [-0.25, -0.2) is 0 Å². The molecule has 2 aliphatic rings. The van der Waals surface area contributed by atoms with E-state index in [1.807, 2.05) is 11.8 Å². The van der Waals surface area contributed by atoms with Crippen molar-refractivity contribution < 1.29 is 0 Å². The second kappa shape index (κ2) is 7.76. The minimum Gasteiger partial charge on any atom is -0.314 e. The maximum atomic E-state index is 3.97. The molecule has 18 heavy (non-hydrogen) atoms. The third kappa shape index (κ3) is 3.88. The minimum atomic E-state index is 0.715. The smallest absolute Gasteiger partial charge is 0.0158 e. The zero-order chi connectivity index (χ0) is 12.8. The molecule has 0 aromatic heterocycles. The highest BCUT2D eigenvalue weighted by atomic mass is 32.2. The molecule has 0 aromatic rings. The molecule has 0 aromatic carbocycles. The first kappa shape index (κ1) is 14.7. The Kier molecular flexibility index (Phi) is 6.33. The van der Waals surface area contributed by atoms with Crippen molar-refractivity contribution in [2.45, 2.75) is 70.0 Å². The van der Waals surface area contributed by atoms with Gasteiger partial charge in [0.05, 0.1) is 0 Å². The molecule has 2 fully saturated rings. The molecule has 106 valence electrons. The monoisotopic (exact) mass is 270 g/mol. The minimum absolute atomic E-state index is 0.715. The second-order valence-electron chi connectivity index (χ2n) is 5.98. The first-order valence-electron chi connectivity index (χ1n) is 7.83. The van der Waals surface area contributed by atoms with Crippen LogP contribution in [0.15, 0.2) is 0 Å². The highest BCUT2D eigenvalue weighted by Crippen LogP contribution is 2.31. The van der Waals surface area contributed by atoms with Gasteiger partial charge in [0.1, 0.15) is 0 Å². The van der Waals surface area contributed by atoms with E-state index in [1.54, 1.807) is 0 Å². The molecular weight excluding hydrogens is 240 g/mol. The predicted molar refractivity (Wildman–Crippen MR) is 82.4 cm³/mol. The van der Waals surface area contributed by atoms with Gasteiger partial charge in [-0.05, 0) is 50.8 Å². The molecule has 3 heteroatoms. The van der Waals surface area contributed by atoms with Gasteiger partial charge in [-0.1, -0.05) is 19.8 Å². The van der Waals surface area contributed by atoms with Gasteiger partial charge in [0.15, 0.2) is 0 Å². The average molecular weight is 270 g/mol. The highest BCUT2D eigenvalue weighted by molar-refractivity contribution is 7.98. The van der Waals surface area contributed by atoms with Crippen LogP contribution in [0.25, 0.3) is 0 Å². The fraction of sp³-hybridized carbons (Fsp3) is 1.00. The lowest BCUT2D eigenvalue weighted by Gasteiger charge is -2.38. The molecule has 2 N–H and O–H groups in total. The zero-order valence-corrected chi connectivity index (χ0v) is 12.9. The Morgan fingerprint density at radius 2 is 2.06 bits per heavy atom. The highest BCUT2D eigenvalue weighted by Gasteiger charge is 2.33. The van der Waals surface area contributed by atoms with Crippen LogP contribution in [0.5, 0.6) is 0 Å². The van der Waals surface area contributed by atoms with Gasteiger partial charge in [-0.3, -0.25) is 0 Å². The summed E-state index contributed by atoms with van der Waals surface area (Å²) in [5.41, 5.74) is 0. The van der Waals surface area contributed by atoms with Crippen molar-refractivity contribution in [1.82, 2.24) is 10.6 Å². The Morgan fingerprint density at radius 3 is 2.72 bits per heavy atom. The summed E-state index contributed by atoms with van der Waals surface area (Å²) in [4.78, 5) is 0. The quantitative estimate of drug-likeness (QED) is 0.776. The van der Waals surface area contributed by atoms with Gasteiger partial charge < -0.3 is 10.6 Å². The molecule has 2 rings (SSSR count). The molecule has 0 spiro atoms. The number of nitrogens with one attached hydrogen (secondary N) is 2. The predicted octanol–water partition coefficient (Wildman–Crippen LogP) is 3.03. The lowest BCUT2D eigenvalue weighted by Crippen LogP contribution is -2.50. The largest absolute Gasteiger partial charge is 0.314 e. The van der Waals surface area contributed by atoms with Crippen molar-refractivity contribution in [1.29, 1.82) is 0 Å². The lowest BCUT2D eigenvalue weighted by molar-refractivity contribution is 0.203. The standard InChI is InChI=1S/C15H30N2S/c1-3-12(11-18-2)17-15-8-5-4-7-13(15)14-9-6-10-16-14/h12-17H,3-11H2,1-2H3. The molecule has 1 heterocycles. The summed E-state index contributed by atoms with van der Waals surface area (Å²) < 4.78 is 0. The van der Waals surface area contributed by atoms with Gasteiger partial charge in [-0.15, -0.1) is 0 Å². The van der Waals surface area contributed by atoms with Gasteiger partial charge in [0.2, 0.25) is 0 Å². The molecule has 4 unspecified atom stereocenters. The van der Waals surface area contributed by atoms with Gasteiger partial charge in [0.25, 0.3) is 0 Å². The summed E-state index contributed by atoms with van der Waals surface area (Å²) in [5.74, 6) is 2.15. The zero-order valence-electron chi connectivity index (χ0n) is 12.1. The SMILES string of the molecule is CCC(CSC)NC1CCCCC1C1CCCN1. The summed E-state index contributed by atoms with van der Waals surface area (Å²) in [6.45, 7) is 3.56. The van der Waals surface area contributed by atoms with E-state index in [2.05, 4.69) is 23.8 Å². The van der Waals surface area contributed by atoms with Crippen LogP contribution in [-0.2, 0) is 0 Å². The molecule has 0 amide bonds. The van der Waals surface area contributed by atoms with Gasteiger partial charge >= 0.3 is 0 Å². The van der Waals surface area contributed by atoms with Gasteiger partial charge in [0, 0.05) is 23.9 Å². The van der Waals surface area contributed by atoms with Crippen molar-refractivity contribution in [2.24, 2.45) is 5.92 Å². The molecular formula is C15H30N2S. The van der Waals surface area contributed by atoms with Crippen LogP contribution >= 0.6 is 11.8 Å². The van der Waals surface area contributed by atoms with Crippen molar-refractivity contribution in [3.8, 4) is 0 Å². The van der Waals surface area contributed by atoms with Crippen LogP contribution in [0.4, 0.5) is 0 Å². The molecule has 1 aliphatic carbocycles. The molecule has 1 aliphatic heterocycles. The summed E-state index contributed by atoms with van der Waals surface area (Å²) >= 11 is 1.98. The third-order valence-electron chi connectivity index (χ3n) is 4.75. The summed E-state index contributed by atoms with van der Waals surface area (Å²) in [6.07, 6.45) is 12.0. The van der Waals surface area contributed by atoms with Crippen molar-refractivity contribution in [3.05, 3.63) is 0 Å². The molecule has 2 nitrogen and oxygen atoms in total. The van der Waals surface area contributed by atoms with Crippen molar-refractivity contribution in [3.63, 3.8) is 0 Å². The Morgan fingerprint density at radius 1 is 1.22 bits per heavy atom. The van der Waals surface area contributed by atoms with E-state index in [4.69, 9.17) is 0 Å². The summed E-state index contributed by atoms with van der Waals surface area (Å²) in [7, 11) is 0. The maximum Gasteiger partial charge on any atom is 0.0158 e. The van der Waals surface area contributed by atoms with Crippen LogP contribution in [0.2, 0.25) is 0 Å². The van der Waals surface area contributed by atoms with E-state index >= 15 is 0 Å². The van der Waals surface area contributed by atoms with E-state index < -0.39 is 0 Å².